The molecule has 0 aromatic heterocycles. The number of aliphatic hydroxyl groups is 1. The lowest BCUT2D eigenvalue weighted by Crippen LogP contribution is -2.46. The first-order chi connectivity index (χ1) is 7.64. The van der Waals surface area contributed by atoms with Crippen molar-refractivity contribution in [2.24, 2.45) is 11.8 Å². The van der Waals surface area contributed by atoms with Crippen LogP contribution in [0.15, 0.2) is 0 Å². The molecule has 2 saturated carbocycles. The van der Waals surface area contributed by atoms with E-state index in [4.69, 9.17) is 0 Å². The van der Waals surface area contributed by atoms with Gasteiger partial charge in [-0.15, -0.1) is 0 Å². The monoisotopic (exact) mass is 225 g/mol. The Morgan fingerprint density at radius 3 is 2.06 bits per heavy atom. The average Bonchev–Trinajstić information content (AvgIpc) is 2.31. The number of hydrogen-bond donors (Lipinski definition) is 2. The van der Waals surface area contributed by atoms with Crippen LogP contribution in [-0.2, 0) is 0 Å². The smallest absolute Gasteiger partial charge is 0.0677 e. The molecule has 0 spiro atoms. The molecule has 0 atom stereocenters. The molecule has 2 aliphatic rings. The lowest BCUT2D eigenvalue weighted by molar-refractivity contribution is -0.0691. The van der Waals surface area contributed by atoms with Gasteiger partial charge >= 0.3 is 0 Å². The normalized spacial score (nSPS) is 45.6. The Bertz CT molecular complexity index is 213. The van der Waals surface area contributed by atoms with E-state index in [9.17, 15) is 5.11 Å². The summed E-state index contributed by atoms with van der Waals surface area (Å²) in [6, 6.07) is 0.641. The first-order valence-electron chi connectivity index (χ1n) is 7.03. The highest BCUT2D eigenvalue weighted by atomic mass is 16.3. The molecule has 0 radical (unpaired) electrons. The Morgan fingerprint density at radius 2 is 1.56 bits per heavy atom. The van der Waals surface area contributed by atoms with Gasteiger partial charge in [-0.3, -0.25) is 0 Å². The van der Waals surface area contributed by atoms with Crippen LogP contribution in [0.4, 0.5) is 0 Å². The molecule has 2 nitrogen and oxygen atoms in total. The summed E-state index contributed by atoms with van der Waals surface area (Å²) >= 11 is 0. The number of nitrogens with one attached hydrogen (secondary N) is 1. The van der Waals surface area contributed by atoms with Crippen LogP contribution >= 0.6 is 0 Å². The van der Waals surface area contributed by atoms with Gasteiger partial charge < -0.3 is 10.4 Å². The van der Waals surface area contributed by atoms with Crippen LogP contribution in [0.1, 0.15) is 58.3 Å². The molecule has 2 fully saturated rings. The van der Waals surface area contributed by atoms with Crippen molar-refractivity contribution in [2.75, 3.05) is 7.05 Å². The topological polar surface area (TPSA) is 32.3 Å². The molecular weight excluding hydrogens is 198 g/mol. The second-order valence-electron chi connectivity index (χ2n) is 6.12. The number of hydrogen-bond acceptors (Lipinski definition) is 2. The fraction of sp³-hybridized carbons (Fsp3) is 1.00. The zero-order valence-corrected chi connectivity index (χ0v) is 10.8. The maximum Gasteiger partial charge on any atom is 0.0677 e. The van der Waals surface area contributed by atoms with E-state index in [1.54, 1.807) is 0 Å². The van der Waals surface area contributed by atoms with Crippen LogP contribution in [0.25, 0.3) is 0 Å². The van der Waals surface area contributed by atoms with Crippen molar-refractivity contribution in [2.45, 2.75) is 69.9 Å². The molecule has 2 N–H and O–H groups in total. The zero-order valence-electron chi connectivity index (χ0n) is 10.8. The molecule has 0 aromatic carbocycles. The zero-order chi connectivity index (χ0) is 11.6. The summed E-state index contributed by atoms with van der Waals surface area (Å²) in [5.74, 6) is 1.47. The van der Waals surface area contributed by atoms with E-state index in [0.29, 0.717) is 12.0 Å². The van der Waals surface area contributed by atoms with Gasteiger partial charge in [0, 0.05) is 6.04 Å². The maximum atomic E-state index is 10.8. The fourth-order valence-corrected chi connectivity index (χ4v) is 3.61. The predicted molar refractivity (Wildman–Crippen MR) is 67.4 cm³/mol. The van der Waals surface area contributed by atoms with Crippen LogP contribution in [0.3, 0.4) is 0 Å². The SMILES string of the molecule is CNC1CCC(O)(C2CCC(C)CC2)CC1. The molecule has 0 bridgehead atoms. The first-order valence-corrected chi connectivity index (χ1v) is 7.03. The van der Waals surface area contributed by atoms with E-state index in [1.807, 2.05) is 7.05 Å². The lowest BCUT2D eigenvalue weighted by atomic mass is 9.67. The van der Waals surface area contributed by atoms with Crippen molar-refractivity contribution in [3.63, 3.8) is 0 Å². The Hall–Kier alpha value is -0.0800. The summed E-state index contributed by atoms with van der Waals surface area (Å²) in [6.07, 6.45) is 9.47. The van der Waals surface area contributed by atoms with E-state index in [0.717, 1.165) is 31.6 Å². The van der Waals surface area contributed by atoms with Crippen molar-refractivity contribution in [1.29, 1.82) is 0 Å². The Labute approximate surface area is 99.8 Å². The molecule has 16 heavy (non-hydrogen) atoms. The molecule has 94 valence electrons. The van der Waals surface area contributed by atoms with Gasteiger partial charge in [0.15, 0.2) is 0 Å². The highest BCUT2D eigenvalue weighted by molar-refractivity contribution is 4.94. The van der Waals surface area contributed by atoms with Gasteiger partial charge in [0.2, 0.25) is 0 Å². The van der Waals surface area contributed by atoms with Crippen molar-refractivity contribution in [3.8, 4) is 0 Å². The van der Waals surface area contributed by atoms with Gasteiger partial charge in [-0.25, -0.2) is 0 Å². The minimum Gasteiger partial charge on any atom is -0.390 e. The summed E-state index contributed by atoms with van der Waals surface area (Å²) in [4.78, 5) is 0. The van der Waals surface area contributed by atoms with E-state index in [1.165, 1.54) is 25.7 Å². The summed E-state index contributed by atoms with van der Waals surface area (Å²) < 4.78 is 0. The van der Waals surface area contributed by atoms with E-state index < -0.39 is 0 Å². The van der Waals surface area contributed by atoms with E-state index in [-0.39, 0.29) is 5.60 Å². The van der Waals surface area contributed by atoms with Gasteiger partial charge in [-0.1, -0.05) is 19.8 Å². The summed E-state index contributed by atoms with van der Waals surface area (Å²) in [5.41, 5.74) is -0.326. The third-order valence-corrected chi connectivity index (χ3v) is 5.04. The molecule has 2 rings (SSSR count). The standard InChI is InChI=1S/C14H27NO/c1-11-3-5-12(6-4-11)14(16)9-7-13(15-2)8-10-14/h11-13,15-16H,3-10H2,1-2H3. The van der Waals surface area contributed by atoms with Crippen LogP contribution in [-0.4, -0.2) is 23.8 Å². The van der Waals surface area contributed by atoms with Gasteiger partial charge in [0.05, 0.1) is 5.60 Å². The van der Waals surface area contributed by atoms with Crippen LogP contribution in [0, 0.1) is 11.8 Å². The third kappa shape index (κ3) is 2.60. The van der Waals surface area contributed by atoms with Crippen LogP contribution in [0.2, 0.25) is 0 Å². The minimum atomic E-state index is -0.326. The Balaban J connectivity index is 1.88. The first kappa shape index (κ1) is 12.4. The molecule has 2 heteroatoms. The predicted octanol–water partition coefficient (Wildman–Crippen LogP) is 2.71. The largest absolute Gasteiger partial charge is 0.390 e. The summed E-state index contributed by atoms with van der Waals surface area (Å²) in [5, 5.41) is 14.1. The molecule has 0 unspecified atom stereocenters. The molecule has 2 aliphatic carbocycles. The molecule has 0 saturated heterocycles. The quantitative estimate of drug-likeness (QED) is 0.757. The Morgan fingerprint density at radius 1 is 1.00 bits per heavy atom. The molecule has 0 aromatic rings. The van der Waals surface area contributed by atoms with Crippen molar-refractivity contribution >= 4 is 0 Å². The van der Waals surface area contributed by atoms with Gasteiger partial charge in [-0.05, 0) is 57.4 Å². The van der Waals surface area contributed by atoms with Gasteiger partial charge in [0.25, 0.3) is 0 Å². The molecule has 0 heterocycles. The second-order valence-corrected chi connectivity index (χ2v) is 6.12. The van der Waals surface area contributed by atoms with Crippen molar-refractivity contribution in [3.05, 3.63) is 0 Å². The summed E-state index contributed by atoms with van der Waals surface area (Å²) in [6.45, 7) is 2.35. The molecule has 0 amide bonds. The molecular formula is C14H27NO. The van der Waals surface area contributed by atoms with Crippen LogP contribution in [0.5, 0.6) is 0 Å². The third-order valence-electron chi connectivity index (χ3n) is 5.04. The van der Waals surface area contributed by atoms with Crippen molar-refractivity contribution < 1.29 is 5.11 Å². The fourth-order valence-electron chi connectivity index (χ4n) is 3.61. The van der Waals surface area contributed by atoms with Crippen LogP contribution < -0.4 is 5.32 Å². The number of rotatable bonds is 2. The maximum absolute atomic E-state index is 10.8. The van der Waals surface area contributed by atoms with E-state index in [2.05, 4.69) is 12.2 Å². The highest BCUT2D eigenvalue weighted by Crippen LogP contribution is 2.42. The highest BCUT2D eigenvalue weighted by Gasteiger charge is 2.40. The Kier molecular flexibility index (Phi) is 3.91. The average molecular weight is 225 g/mol. The van der Waals surface area contributed by atoms with E-state index >= 15 is 0 Å². The lowest BCUT2D eigenvalue weighted by Gasteiger charge is -2.44. The second kappa shape index (κ2) is 5.05. The molecule has 0 aliphatic heterocycles. The summed E-state index contributed by atoms with van der Waals surface area (Å²) in [7, 11) is 2.04. The minimum absolute atomic E-state index is 0.326. The van der Waals surface area contributed by atoms with Gasteiger partial charge in [0.1, 0.15) is 0 Å². The van der Waals surface area contributed by atoms with Crippen molar-refractivity contribution in [1.82, 2.24) is 5.32 Å². The van der Waals surface area contributed by atoms with Gasteiger partial charge in [-0.2, -0.15) is 0 Å².